The van der Waals surface area contributed by atoms with E-state index in [4.69, 9.17) is 22.7 Å². The first-order chi connectivity index (χ1) is 8.72. The van der Waals surface area contributed by atoms with Gasteiger partial charge in [-0.3, -0.25) is 4.90 Å². The maximum Gasteiger partial charge on any atom is 0.119 e. The summed E-state index contributed by atoms with van der Waals surface area (Å²) in [5.41, 5.74) is 7.02. The summed E-state index contributed by atoms with van der Waals surface area (Å²) in [7, 11) is 1.67. The van der Waals surface area contributed by atoms with Gasteiger partial charge in [0.25, 0.3) is 0 Å². The lowest BCUT2D eigenvalue weighted by Crippen LogP contribution is -2.48. The molecule has 18 heavy (non-hydrogen) atoms. The Morgan fingerprint density at radius 3 is 2.78 bits per heavy atom. The van der Waals surface area contributed by atoms with Crippen molar-refractivity contribution in [3.8, 4) is 5.75 Å². The number of nitrogens with one attached hydrogen (secondary N) is 1. The first kappa shape index (κ1) is 13.3. The predicted molar refractivity (Wildman–Crippen MR) is 77.0 cm³/mol. The van der Waals surface area contributed by atoms with Crippen molar-refractivity contribution in [2.24, 2.45) is 5.73 Å². The van der Waals surface area contributed by atoms with Crippen LogP contribution >= 0.6 is 12.2 Å². The Kier molecular flexibility index (Phi) is 4.52. The lowest BCUT2D eigenvalue weighted by Gasteiger charge is -2.34. The summed E-state index contributed by atoms with van der Waals surface area (Å²) in [4.78, 5) is 2.83. The van der Waals surface area contributed by atoms with Gasteiger partial charge in [0.15, 0.2) is 0 Å². The fourth-order valence-corrected chi connectivity index (χ4v) is 2.59. The van der Waals surface area contributed by atoms with Crippen molar-refractivity contribution in [3.05, 3.63) is 29.8 Å². The number of methoxy groups -OCH3 is 1. The Bertz CT molecular complexity index is 418. The maximum atomic E-state index is 5.92. The van der Waals surface area contributed by atoms with Crippen LogP contribution in [0, 0.1) is 0 Å². The summed E-state index contributed by atoms with van der Waals surface area (Å²) in [6.45, 7) is 3.87. The number of benzene rings is 1. The second-order valence-corrected chi connectivity index (χ2v) is 4.84. The second-order valence-electron chi connectivity index (χ2n) is 4.37. The van der Waals surface area contributed by atoms with Crippen LogP contribution < -0.4 is 15.8 Å². The topological polar surface area (TPSA) is 50.5 Å². The highest BCUT2D eigenvalue weighted by molar-refractivity contribution is 7.80. The molecular formula is C13H19N3OS. The average molecular weight is 265 g/mol. The lowest BCUT2D eigenvalue weighted by molar-refractivity contribution is 0.215. The van der Waals surface area contributed by atoms with Crippen molar-refractivity contribution in [2.45, 2.75) is 6.04 Å². The molecule has 1 fully saturated rings. The molecule has 0 bridgehead atoms. The highest BCUT2D eigenvalue weighted by atomic mass is 32.1. The molecule has 1 atom stereocenters. The smallest absolute Gasteiger partial charge is 0.119 e. The van der Waals surface area contributed by atoms with Gasteiger partial charge in [-0.15, -0.1) is 0 Å². The molecule has 0 aromatic heterocycles. The molecule has 2 rings (SSSR count). The molecule has 0 amide bonds. The Morgan fingerprint density at radius 2 is 2.17 bits per heavy atom. The van der Waals surface area contributed by atoms with Crippen molar-refractivity contribution in [1.29, 1.82) is 0 Å². The van der Waals surface area contributed by atoms with Gasteiger partial charge in [-0.05, 0) is 17.7 Å². The van der Waals surface area contributed by atoms with E-state index in [9.17, 15) is 0 Å². The summed E-state index contributed by atoms with van der Waals surface area (Å²) in [5.74, 6) is 0.837. The fourth-order valence-electron chi connectivity index (χ4n) is 2.31. The molecule has 1 aliphatic rings. The largest absolute Gasteiger partial charge is 0.497 e. The first-order valence-electron chi connectivity index (χ1n) is 6.10. The number of ether oxygens (including phenoxy) is 1. The van der Waals surface area contributed by atoms with Gasteiger partial charge in [-0.1, -0.05) is 24.4 Å². The Labute approximate surface area is 113 Å². The van der Waals surface area contributed by atoms with Crippen molar-refractivity contribution < 1.29 is 4.74 Å². The van der Waals surface area contributed by atoms with Gasteiger partial charge in [0.2, 0.25) is 0 Å². The van der Waals surface area contributed by atoms with Crippen LogP contribution in [0.4, 0.5) is 0 Å². The van der Waals surface area contributed by atoms with Crippen LogP contribution in [0.15, 0.2) is 24.3 Å². The number of thiocarbonyl (C=S) groups is 1. The van der Waals surface area contributed by atoms with E-state index in [0.717, 1.165) is 37.5 Å². The molecule has 0 aliphatic carbocycles. The van der Waals surface area contributed by atoms with Crippen molar-refractivity contribution in [1.82, 2.24) is 10.2 Å². The molecule has 1 aromatic carbocycles. The van der Waals surface area contributed by atoms with Crippen LogP contribution in [0.2, 0.25) is 0 Å². The van der Waals surface area contributed by atoms with E-state index < -0.39 is 0 Å². The first-order valence-corrected chi connectivity index (χ1v) is 6.51. The van der Waals surface area contributed by atoms with Crippen LogP contribution in [0.5, 0.6) is 5.75 Å². The summed E-state index contributed by atoms with van der Waals surface area (Å²) in [5, 5.41) is 3.33. The molecule has 0 radical (unpaired) electrons. The molecule has 0 saturated carbocycles. The maximum absolute atomic E-state index is 5.92. The fraction of sp³-hybridized carbons (Fsp3) is 0.462. The summed E-state index contributed by atoms with van der Waals surface area (Å²) in [6.07, 6.45) is 0. The quantitative estimate of drug-likeness (QED) is 0.793. The van der Waals surface area contributed by atoms with Gasteiger partial charge in [-0.25, -0.2) is 0 Å². The van der Waals surface area contributed by atoms with E-state index in [1.807, 2.05) is 24.3 Å². The SMILES string of the molecule is COc1cccc(C(C(N)=S)N2CCNCC2)c1. The average Bonchev–Trinajstić information content (AvgIpc) is 2.40. The summed E-state index contributed by atoms with van der Waals surface area (Å²) < 4.78 is 5.26. The van der Waals surface area contributed by atoms with Gasteiger partial charge in [-0.2, -0.15) is 0 Å². The van der Waals surface area contributed by atoms with Crippen LogP contribution in [-0.4, -0.2) is 43.2 Å². The number of rotatable bonds is 4. The van der Waals surface area contributed by atoms with Crippen LogP contribution in [0.1, 0.15) is 11.6 Å². The minimum absolute atomic E-state index is 0.00259. The minimum atomic E-state index is -0.00259. The molecule has 1 unspecified atom stereocenters. The normalized spacial score (nSPS) is 18.3. The Hall–Kier alpha value is -1.17. The minimum Gasteiger partial charge on any atom is -0.497 e. The highest BCUT2D eigenvalue weighted by Gasteiger charge is 2.24. The van der Waals surface area contributed by atoms with E-state index >= 15 is 0 Å². The van der Waals surface area contributed by atoms with Gasteiger partial charge >= 0.3 is 0 Å². The van der Waals surface area contributed by atoms with Gasteiger partial charge < -0.3 is 15.8 Å². The van der Waals surface area contributed by atoms with E-state index in [1.54, 1.807) is 7.11 Å². The summed E-state index contributed by atoms with van der Waals surface area (Å²) in [6, 6.07) is 7.96. The van der Waals surface area contributed by atoms with E-state index in [1.165, 1.54) is 0 Å². The third kappa shape index (κ3) is 2.98. The third-order valence-electron chi connectivity index (χ3n) is 3.20. The zero-order valence-corrected chi connectivity index (χ0v) is 11.4. The molecule has 3 N–H and O–H groups in total. The number of nitrogens with two attached hydrogens (primary N) is 1. The zero-order valence-electron chi connectivity index (χ0n) is 10.6. The zero-order chi connectivity index (χ0) is 13.0. The van der Waals surface area contributed by atoms with Gasteiger partial charge in [0.1, 0.15) is 5.75 Å². The number of hydrogen-bond donors (Lipinski definition) is 2. The van der Waals surface area contributed by atoms with E-state index in [-0.39, 0.29) is 6.04 Å². The molecule has 1 heterocycles. The molecule has 4 nitrogen and oxygen atoms in total. The third-order valence-corrected chi connectivity index (χ3v) is 3.42. The Balaban J connectivity index is 2.25. The highest BCUT2D eigenvalue weighted by Crippen LogP contribution is 2.25. The monoisotopic (exact) mass is 265 g/mol. The van der Waals surface area contributed by atoms with Crippen molar-refractivity contribution in [2.75, 3.05) is 33.3 Å². The van der Waals surface area contributed by atoms with Gasteiger partial charge in [0.05, 0.1) is 18.1 Å². The lowest BCUT2D eigenvalue weighted by atomic mass is 10.0. The van der Waals surface area contributed by atoms with E-state index in [2.05, 4.69) is 10.2 Å². The standard InChI is InChI=1S/C13H19N3OS/c1-17-11-4-2-3-10(9-11)12(13(14)18)16-7-5-15-6-8-16/h2-4,9,12,15H,5-8H2,1H3,(H2,14,18). The number of hydrogen-bond acceptors (Lipinski definition) is 4. The van der Waals surface area contributed by atoms with Gasteiger partial charge in [0, 0.05) is 26.2 Å². The number of piperazine rings is 1. The molecule has 1 aliphatic heterocycles. The summed E-state index contributed by atoms with van der Waals surface area (Å²) >= 11 is 5.23. The predicted octanol–water partition coefficient (Wildman–Crippen LogP) is 0.928. The second kappa shape index (κ2) is 6.13. The molecule has 1 saturated heterocycles. The van der Waals surface area contributed by atoms with Crippen LogP contribution in [0.25, 0.3) is 0 Å². The number of nitrogens with zero attached hydrogens (tertiary/aromatic N) is 1. The molecular weight excluding hydrogens is 246 g/mol. The molecule has 98 valence electrons. The van der Waals surface area contributed by atoms with Crippen molar-refractivity contribution >= 4 is 17.2 Å². The Morgan fingerprint density at radius 1 is 1.44 bits per heavy atom. The van der Waals surface area contributed by atoms with Crippen molar-refractivity contribution in [3.63, 3.8) is 0 Å². The van der Waals surface area contributed by atoms with Crippen LogP contribution in [-0.2, 0) is 0 Å². The van der Waals surface area contributed by atoms with E-state index in [0.29, 0.717) is 4.99 Å². The molecule has 1 aromatic rings. The van der Waals surface area contributed by atoms with Crippen LogP contribution in [0.3, 0.4) is 0 Å². The molecule has 0 spiro atoms. The molecule has 5 heteroatoms.